The number of hydrogen-bond acceptors (Lipinski definition) is 3. The van der Waals surface area contributed by atoms with Gasteiger partial charge in [0.2, 0.25) is 0 Å². The maximum absolute atomic E-state index is 12.6. The van der Waals surface area contributed by atoms with Crippen LogP contribution in [0.4, 0.5) is 19.0 Å². The number of anilines is 1. The van der Waals surface area contributed by atoms with Gasteiger partial charge in [-0.2, -0.15) is 13.2 Å². The molecular formula is C14H14F3N3. The second kappa shape index (κ2) is 5.92. The zero-order valence-electron chi connectivity index (χ0n) is 10.6. The maximum atomic E-state index is 12.6. The highest BCUT2D eigenvalue weighted by molar-refractivity contribution is 5.34. The van der Waals surface area contributed by atoms with Crippen LogP contribution in [0.25, 0.3) is 0 Å². The van der Waals surface area contributed by atoms with Gasteiger partial charge in [-0.05, 0) is 36.1 Å². The Morgan fingerprint density at radius 3 is 2.40 bits per heavy atom. The van der Waals surface area contributed by atoms with Crippen LogP contribution in [0.1, 0.15) is 16.7 Å². The number of nitrogens with two attached hydrogens (primary N) is 1. The Hall–Kier alpha value is -2.08. The van der Waals surface area contributed by atoms with Gasteiger partial charge in [0.25, 0.3) is 0 Å². The molecular weight excluding hydrogens is 267 g/mol. The van der Waals surface area contributed by atoms with Crippen molar-refractivity contribution in [3.05, 3.63) is 59.3 Å². The third kappa shape index (κ3) is 3.71. The minimum absolute atomic E-state index is 0.529. The van der Waals surface area contributed by atoms with Crippen LogP contribution >= 0.6 is 0 Å². The highest BCUT2D eigenvalue weighted by atomic mass is 19.4. The normalized spacial score (nSPS) is 11.4. The van der Waals surface area contributed by atoms with Crippen molar-refractivity contribution < 1.29 is 13.2 Å². The number of aromatic nitrogens is 1. The molecule has 0 saturated carbocycles. The van der Waals surface area contributed by atoms with E-state index in [0.29, 0.717) is 24.2 Å². The number of benzene rings is 1. The number of halogens is 3. The Balaban J connectivity index is 2.03. The summed E-state index contributed by atoms with van der Waals surface area (Å²) in [5.74, 6) is 5.75. The second-order valence-corrected chi connectivity index (χ2v) is 4.39. The summed E-state index contributed by atoms with van der Waals surface area (Å²) < 4.78 is 37.8. The van der Waals surface area contributed by atoms with Gasteiger partial charge in [0.05, 0.1) is 5.56 Å². The van der Waals surface area contributed by atoms with E-state index >= 15 is 0 Å². The zero-order valence-corrected chi connectivity index (χ0v) is 10.6. The molecule has 0 amide bonds. The van der Waals surface area contributed by atoms with Crippen molar-refractivity contribution in [3.8, 4) is 0 Å². The van der Waals surface area contributed by atoms with E-state index in [-0.39, 0.29) is 0 Å². The lowest BCUT2D eigenvalue weighted by Gasteiger charge is -2.09. The SMILES string of the molecule is NNc1ccc(CCc2cccc(C(F)(F)F)c2)cn1. The van der Waals surface area contributed by atoms with Gasteiger partial charge in [0, 0.05) is 6.20 Å². The molecule has 2 rings (SSSR count). The van der Waals surface area contributed by atoms with Crippen LogP contribution in [-0.4, -0.2) is 4.98 Å². The monoisotopic (exact) mass is 281 g/mol. The third-order valence-electron chi connectivity index (χ3n) is 2.93. The molecule has 3 N–H and O–H groups in total. The summed E-state index contributed by atoms with van der Waals surface area (Å²) in [5.41, 5.74) is 3.40. The summed E-state index contributed by atoms with van der Waals surface area (Å²) in [6.45, 7) is 0. The van der Waals surface area contributed by atoms with E-state index in [0.717, 1.165) is 11.6 Å². The highest BCUT2D eigenvalue weighted by Gasteiger charge is 2.30. The number of pyridine rings is 1. The molecule has 1 heterocycles. The Morgan fingerprint density at radius 1 is 1.05 bits per heavy atom. The quantitative estimate of drug-likeness (QED) is 0.668. The van der Waals surface area contributed by atoms with E-state index in [1.165, 1.54) is 12.1 Å². The lowest BCUT2D eigenvalue weighted by molar-refractivity contribution is -0.137. The summed E-state index contributed by atoms with van der Waals surface area (Å²) in [6.07, 6.45) is -1.49. The molecule has 1 aromatic carbocycles. The molecule has 0 aliphatic carbocycles. The number of hydrogen-bond donors (Lipinski definition) is 2. The van der Waals surface area contributed by atoms with Crippen molar-refractivity contribution in [1.29, 1.82) is 0 Å². The van der Waals surface area contributed by atoms with Crippen LogP contribution in [0.3, 0.4) is 0 Å². The van der Waals surface area contributed by atoms with Crippen LogP contribution in [0, 0.1) is 0 Å². The van der Waals surface area contributed by atoms with Crippen LogP contribution in [-0.2, 0) is 19.0 Å². The average molecular weight is 281 g/mol. The number of aryl methyl sites for hydroxylation is 2. The zero-order chi connectivity index (χ0) is 14.6. The van der Waals surface area contributed by atoms with E-state index in [9.17, 15) is 13.2 Å². The van der Waals surface area contributed by atoms with Crippen LogP contribution in [0.2, 0.25) is 0 Å². The predicted octanol–water partition coefficient (Wildman–Crippen LogP) is 3.17. The maximum Gasteiger partial charge on any atom is 0.416 e. The van der Waals surface area contributed by atoms with E-state index in [1.807, 2.05) is 6.07 Å². The Labute approximate surface area is 114 Å². The van der Waals surface area contributed by atoms with E-state index < -0.39 is 11.7 Å². The van der Waals surface area contributed by atoms with Crippen LogP contribution in [0.5, 0.6) is 0 Å². The molecule has 6 heteroatoms. The molecule has 3 nitrogen and oxygen atoms in total. The Bertz CT molecular complexity index is 565. The minimum atomic E-state index is -4.30. The number of nitrogens with one attached hydrogen (secondary N) is 1. The highest BCUT2D eigenvalue weighted by Crippen LogP contribution is 2.29. The minimum Gasteiger partial charge on any atom is -0.308 e. The molecule has 0 aliphatic heterocycles. The van der Waals surface area contributed by atoms with Crippen molar-refractivity contribution in [2.45, 2.75) is 19.0 Å². The standard InChI is InChI=1S/C14H14F3N3/c15-14(16,17)12-3-1-2-10(8-12)4-5-11-6-7-13(20-18)19-9-11/h1-3,6-9H,4-5,18H2,(H,19,20). The molecule has 0 fully saturated rings. The smallest absolute Gasteiger partial charge is 0.308 e. The van der Waals surface area contributed by atoms with Crippen molar-refractivity contribution in [2.75, 3.05) is 5.43 Å². The summed E-state index contributed by atoms with van der Waals surface area (Å²) in [5, 5.41) is 0. The fourth-order valence-corrected chi connectivity index (χ4v) is 1.85. The van der Waals surface area contributed by atoms with Gasteiger partial charge in [-0.1, -0.05) is 24.3 Å². The Morgan fingerprint density at radius 2 is 1.80 bits per heavy atom. The lowest BCUT2D eigenvalue weighted by Crippen LogP contribution is -2.08. The van der Waals surface area contributed by atoms with Crippen LogP contribution < -0.4 is 11.3 Å². The molecule has 0 bridgehead atoms. The number of nitrogens with zero attached hydrogens (tertiary/aromatic N) is 1. The summed E-state index contributed by atoms with van der Waals surface area (Å²) >= 11 is 0. The van der Waals surface area contributed by atoms with Gasteiger partial charge in [-0.3, -0.25) is 0 Å². The lowest BCUT2D eigenvalue weighted by atomic mass is 10.0. The van der Waals surface area contributed by atoms with Gasteiger partial charge in [-0.15, -0.1) is 0 Å². The van der Waals surface area contributed by atoms with E-state index in [1.54, 1.807) is 18.3 Å². The fourth-order valence-electron chi connectivity index (χ4n) is 1.85. The van der Waals surface area contributed by atoms with Gasteiger partial charge in [0.15, 0.2) is 0 Å². The van der Waals surface area contributed by atoms with Crippen LogP contribution in [0.15, 0.2) is 42.6 Å². The molecule has 106 valence electrons. The topological polar surface area (TPSA) is 50.9 Å². The van der Waals surface area contributed by atoms with Gasteiger partial charge in [0.1, 0.15) is 5.82 Å². The Kier molecular flexibility index (Phi) is 4.24. The molecule has 2 aromatic rings. The molecule has 0 aliphatic rings. The summed E-state index contributed by atoms with van der Waals surface area (Å²) in [7, 11) is 0. The molecule has 0 atom stereocenters. The van der Waals surface area contributed by atoms with Crippen molar-refractivity contribution in [2.24, 2.45) is 5.84 Å². The molecule has 0 spiro atoms. The van der Waals surface area contributed by atoms with Crippen molar-refractivity contribution in [3.63, 3.8) is 0 Å². The predicted molar refractivity (Wildman–Crippen MR) is 70.9 cm³/mol. The largest absolute Gasteiger partial charge is 0.416 e. The fraction of sp³-hybridized carbons (Fsp3) is 0.214. The average Bonchev–Trinajstić information content (AvgIpc) is 2.45. The van der Waals surface area contributed by atoms with E-state index in [4.69, 9.17) is 5.84 Å². The number of rotatable bonds is 4. The van der Waals surface area contributed by atoms with Crippen molar-refractivity contribution in [1.82, 2.24) is 4.98 Å². The van der Waals surface area contributed by atoms with Gasteiger partial charge < -0.3 is 5.43 Å². The van der Waals surface area contributed by atoms with Crippen molar-refractivity contribution >= 4 is 5.82 Å². The molecule has 1 aromatic heterocycles. The first-order valence-corrected chi connectivity index (χ1v) is 6.07. The second-order valence-electron chi connectivity index (χ2n) is 4.39. The first-order chi connectivity index (χ1) is 9.49. The van der Waals surface area contributed by atoms with Gasteiger partial charge in [-0.25, -0.2) is 10.8 Å². The van der Waals surface area contributed by atoms with Gasteiger partial charge >= 0.3 is 6.18 Å². The summed E-state index contributed by atoms with van der Waals surface area (Å²) in [4.78, 5) is 4.05. The molecule has 0 saturated heterocycles. The summed E-state index contributed by atoms with van der Waals surface area (Å²) in [6, 6.07) is 8.95. The van der Waals surface area contributed by atoms with E-state index in [2.05, 4.69) is 10.4 Å². The first kappa shape index (κ1) is 14.3. The number of nitrogen functional groups attached to an aromatic ring is 1. The number of alkyl halides is 3. The molecule has 0 unspecified atom stereocenters. The third-order valence-corrected chi connectivity index (χ3v) is 2.93. The first-order valence-electron chi connectivity index (χ1n) is 6.07. The number of hydrazine groups is 1. The molecule has 20 heavy (non-hydrogen) atoms. The molecule has 0 radical (unpaired) electrons.